The monoisotopic (exact) mass is 160 g/mol. The summed E-state index contributed by atoms with van der Waals surface area (Å²) in [5, 5.41) is 9.38. The van der Waals surface area contributed by atoms with Gasteiger partial charge in [0.1, 0.15) is 0 Å². The first-order chi connectivity index (χ1) is 4.83. The van der Waals surface area contributed by atoms with Gasteiger partial charge in [-0.1, -0.05) is 20.8 Å². The third-order valence-corrected chi connectivity index (χ3v) is 1.33. The molecule has 0 spiro atoms. The van der Waals surface area contributed by atoms with Gasteiger partial charge in [-0.05, 0) is 11.8 Å². The Labute approximate surface area is 66.9 Å². The summed E-state index contributed by atoms with van der Waals surface area (Å²) in [6.45, 7) is 6.38. The first-order valence-electron chi connectivity index (χ1n) is 3.59. The average molecular weight is 160 g/mol. The molecule has 2 amide bonds. The molecule has 0 saturated heterocycles. The molecular weight excluding hydrogens is 144 g/mol. The first kappa shape index (κ1) is 10.2. The van der Waals surface area contributed by atoms with Gasteiger partial charge in [0.25, 0.3) is 0 Å². The molecule has 0 aromatic carbocycles. The highest BCUT2D eigenvalue weighted by Crippen LogP contribution is 2.18. The number of carbonyl (C=O) groups is 1. The number of carbonyl (C=O) groups excluding carboxylic acids is 1. The number of hydroxylamine groups is 2. The van der Waals surface area contributed by atoms with Crippen LogP contribution in [0.4, 0.5) is 4.79 Å². The minimum atomic E-state index is -0.797. The second-order valence-corrected chi connectivity index (χ2v) is 3.77. The third kappa shape index (κ3) is 5.66. The fourth-order valence-corrected chi connectivity index (χ4v) is 0.552. The molecule has 0 aliphatic rings. The van der Waals surface area contributed by atoms with Crippen molar-refractivity contribution in [2.75, 3.05) is 6.54 Å². The van der Waals surface area contributed by atoms with Crippen molar-refractivity contribution in [1.29, 1.82) is 0 Å². The Morgan fingerprint density at radius 1 is 1.55 bits per heavy atom. The third-order valence-electron chi connectivity index (χ3n) is 1.33. The number of hydrogen-bond acceptors (Lipinski definition) is 2. The van der Waals surface area contributed by atoms with Gasteiger partial charge >= 0.3 is 6.03 Å². The van der Waals surface area contributed by atoms with E-state index in [1.165, 1.54) is 0 Å². The van der Waals surface area contributed by atoms with Crippen molar-refractivity contribution in [2.24, 2.45) is 11.1 Å². The van der Waals surface area contributed by atoms with Crippen molar-refractivity contribution in [3.05, 3.63) is 0 Å². The van der Waals surface area contributed by atoms with Crippen LogP contribution < -0.4 is 5.73 Å². The van der Waals surface area contributed by atoms with E-state index in [9.17, 15) is 4.79 Å². The lowest BCUT2D eigenvalue weighted by Gasteiger charge is -2.20. The van der Waals surface area contributed by atoms with Crippen molar-refractivity contribution in [1.82, 2.24) is 5.06 Å². The smallest absolute Gasteiger partial charge is 0.338 e. The predicted octanol–water partition coefficient (Wildman–Crippen LogP) is 1.19. The lowest BCUT2D eigenvalue weighted by Crippen LogP contribution is -2.34. The molecular formula is C7H16N2O2. The predicted molar refractivity (Wildman–Crippen MR) is 42.1 cm³/mol. The maximum absolute atomic E-state index is 10.3. The van der Waals surface area contributed by atoms with Crippen LogP contribution in [0.15, 0.2) is 0 Å². The Bertz CT molecular complexity index is 140. The van der Waals surface area contributed by atoms with E-state index in [1.807, 2.05) is 20.8 Å². The standard InChI is InChI=1S/C7H16N2O2/c1-7(2,3)4-5-9(11)6(8)10/h11H,4-5H2,1-3H3,(H2,8,10). The molecule has 0 bridgehead atoms. The Morgan fingerprint density at radius 2 is 2.00 bits per heavy atom. The minimum absolute atomic E-state index is 0.108. The van der Waals surface area contributed by atoms with Crippen LogP contribution in [-0.2, 0) is 0 Å². The minimum Gasteiger partial charge on any atom is -0.350 e. The average Bonchev–Trinajstić information content (AvgIpc) is 1.80. The summed E-state index contributed by atoms with van der Waals surface area (Å²) in [6.07, 6.45) is 0.729. The quantitative estimate of drug-likeness (QED) is 0.470. The maximum atomic E-state index is 10.3. The van der Waals surface area contributed by atoms with Gasteiger partial charge in [-0.2, -0.15) is 0 Å². The van der Waals surface area contributed by atoms with Gasteiger partial charge in [0, 0.05) is 0 Å². The summed E-state index contributed by atoms with van der Waals surface area (Å²) >= 11 is 0. The zero-order valence-corrected chi connectivity index (χ0v) is 7.29. The van der Waals surface area contributed by atoms with Crippen LogP contribution in [0.25, 0.3) is 0 Å². The molecule has 0 aliphatic carbocycles. The Morgan fingerprint density at radius 3 is 2.27 bits per heavy atom. The van der Waals surface area contributed by atoms with Gasteiger partial charge in [-0.25, -0.2) is 9.86 Å². The summed E-state index contributed by atoms with van der Waals surface area (Å²) in [4.78, 5) is 10.3. The summed E-state index contributed by atoms with van der Waals surface area (Å²) in [6, 6.07) is -0.797. The van der Waals surface area contributed by atoms with E-state index in [1.54, 1.807) is 0 Å². The zero-order valence-electron chi connectivity index (χ0n) is 7.29. The van der Waals surface area contributed by atoms with E-state index in [-0.39, 0.29) is 5.41 Å². The highest BCUT2D eigenvalue weighted by molar-refractivity contribution is 5.70. The van der Waals surface area contributed by atoms with E-state index in [0.29, 0.717) is 11.6 Å². The molecule has 0 aromatic heterocycles. The molecule has 11 heavy (non-hydrogen) atoms. The fraction of sp³-hybridized carbons (Fsp3) is 0.857. The second-order valence-electron chi connectivity index (χ2n) is 3.77. The molecule has 0 rings (SSSR count). The van der Waals surface area contributed by atoms with Crippen LogP contribution in [0.5, 0.6) is 0 Å². The summed E-state index contributed by atoms with van der Waals surface area (Å²) in [7, 11) is 0. The van der Waals surface area contributed by atoms with Crippen molar-refractivity contribution >= 4 is 6.03 Å². The lowest BCUT2D eigenvalue weighted by molar-refractivity contribution is -0.0454. The number of nitrogens with zero attached hydrogens (tertiary/aromatic N) is 1. The Kier molecular flexibility index (Phi) is 3.32. The molecule has 0 radical (unpaired) electrons. The van der Waals surface area contributed by atoms with Crippen LogP contribution >= 0.6 is 0 Å². The van der Waals surface area contributed by atoms with Crippen molar-refractivity contribution in [3.8, 4) is 0 Å². The molecule has 0 fully saturated rings. The Balaban J connectivity index is 3.63. The molecule has 0 aliphatic heterocycles. The highest BCUT2D eigenvalue weighted by Gasteiger charge is 2.13. The lowest BCUT2D eigenvalue weighted by atomic mass is 9.92. The summed E-state index contributed by atoms with van der Waals surface area (Å²) in [5.41, 5.74) is 4.91. The van der Waals surface area contributed by atoms with Gasteiger partial charge in [0.15, 0.2) is 0 Å². The van der Waals surface area contributed by atoms with Crippen LogP contribution in [0.3, 0.4) is 0 Å². The number of primary amides is 1. The van der Waals surface area contributed by atoms with Crippen molar-refractivity contribution in [2.45, 2.75) is 27.2 Å². The van der Waals surface area contributed by atoms with Gasteiger partial charge in [0.2, 0.25) is 0 Å². The van der Waals surface area contributed by atoms with E-state index in [4.69, 9.17) is 10.9 Å². The molecule has 0 saturated carbocycles. The Hall–Kier alpha value is -0.770. The van der Waals surface area contributed by atoms with Gasteiger partial charge in [-0.15, -0.1) is 0 Å². The number of amides is 2. The van der Waals surface area contributed by atoms with E-state index in [2.05, 4.69) is 0 Å². The zero-order chi connectivity index (χ0) is 9.07. The number of rotatable bonds is 2. The SMILES string of the molecule is CC(C)(C)CCN(O)C(N)=O. The van der Waals surface area contributed by atoms with Crippen molar-refractivity contribution < 1.29 is 10.0 Å². The molecule has 0 unspecified atom stereocenters. The molecule has 3 N–H and O–H groups in total. The molecule has 4 nitrogen and oxygen atoms in total. The molecule has 0 aromatic rings. The molecule has 0 heterocycles. The van der Waals surface area contributed by atoms with Crippen LogP contribution in [-0.4, -0.2) is 22.8 Å². The highest BCUT2D eigenvalue weighted by atomic mass is 16.5. The normalized spacial score (nSPS) is 11.3. The summed E-state index contributed by atoms with van der Waals surface area (Å²) in [5.74, 6) is 0. The van der Waals surface area contributed by atoms with E-state index >= 15 is 0 Å². The van der Waals surface area contributed by atoms with Gasteiger partial charge in [-0.3, -0.25) is 5.21 Å². The largest absolute Gasteiger partial charge is 0.350 e. The second kappa shape index (κ2) is 3.57. The number of nitrogens with two attached hydrogens (primary N) is 1. The van der Waals surface area contributed by atoms with Gasteiger partial charge < -0.3 is 5.73 Å². The maximum Gasteiger partial charge on any atom is 0.338 e. The molecule has 0 atom stereocenters. The van der Waals surface area contributed by atoms with Gasteiger partial charge in [0.05, 0.1) is 6.54 Å². The molecule has 66 valence electrons. The summed E-state index contributed by atoms with van der Waals surface area (Å²) < 4.78 is 0. The van der Waals surface area contributed by atoms with Crippen LogP contribution in [0.2, 0.25) is 0 Å². The number of urea groups is 1. The first-order valence-corrected chi connectivity index (χ1v) is 3.59. The topological polar surface area (TPSA) is 66.6 Å². The van der Waals surface area contributed by atoms with E-state index < -0.39 is 6.03 Å². The number of hydrogen-bond donors (Lipinski definition) is 2. The van der Waals surface area contributed by atoms with Crippen molar-refractivity contribution in [3.63, 3.8) is 0 Å². The molecule has 4 heteroatoms. The van der Waals surface area contributed by atoms with Crippen LogP contribution in [0.1, 0.15) is 27.2 Å². The fourth-order valence-electron chi connectivity index (χ4n) is 0.552. The van der Waals surface area contributed by atoms with Crippen LogP contribution in [0, 0.1) is 5.41 Å². The van der Waals surface area contributed by atoms with E-state index in [0.717, 1.165) is 6.42 Å².